The summed E-state index contributed by atoms with van der Waals surface area (Å²) in [7, 11) is 2.19. The zero-order valence-corrected chi connectivity index (χ0v) is 14.9. The fourth-order valence-corrected chi connectivity index (χ4v) is 3.51. The van der Waals surface area contributed by atoms with Crippen molar-refractivity contribution in [1.82, 2.24) is 19.7 Å². The molecule has 1 aromatic rings. The number of carbonyl (C=O) groups is 1. The fourth-order valence-electron chi connectivity index (χ4n) is 3.51. The molecule has 1 aromatic heterocycles. The Labute approximate surface area is 144 Å². The number of rotatable bonds is 3. The SMILES string of the molecule is Cc1ccnc(NC(=O)N2CCC(CN3CCN(C)CC3)CC2)c1. The fraction of sp³-hybridized carbons (Fsp3) is 0.667. The molecule has 2 aliphatic heterocycles. The molecule has 0 radical (unpaired) electrons. The van der Waals surface area contributed by atoms with E-state index in [0.717, 1.165) is 37.4 Å². The Morgan fingerprint density at radius 1 is 1.21 bits per heavy atom. The highest BCUT2D eigenvalue weighted by Gasteiger charge is 2.25. The number of hydrogen-bond acceptors (Lipinski definition) is 4. The summed E-state index contributed by atoms with van der Waals surface area (Å²) in [5.74, 6) is 1.36. The molecule has 2 aliphatic rings. The first-order valence-electron chi connectivity index (χ1n) is 8.99. The van der Waals surface area contributed by atoms with Crippen molar-refractivity contribution in [3.05, 3.63) is 23.9 Å². The second-order valence-electron chi connectivity index (χ2n) is 7.18. The molecule has 2 amide bonds. The average Bonchev–Trinajstić information content (AvgIpc) is 2.57. The van der Waals surface area contributed by atoms with Crippen molar-refractivity contribution in [2.24, 2.45) is 5.92 Å². The number of anilines is 1. The lowest BCUT2D eigenvalue weighted by Gasteiger charge is -2.37. The number of piperazine rings is 1. The molecule has 0 bridgehead atoms. The van der Waals surface area contributed by atoms with Crippen LogP contribution >= 0.6 is 0 Å². The van der Waals surface area contributed by atoms with Crippen LogP contribution in [0.5, 0.6) is 0 Å². The summed E-state index contributed by atoms with van der Waals surface area (Å²) in [5.41, 5.74) is 1.10. The monoisotopic (exact) mass is 331 g/mol. The first-order chi connectivity index (χ1) is 11.6. The van der Waals surface area contributed by atoms with Gasteiger partial charge in [0.05, 0.1) is 0 Å². The van der Waals surface area contributed by atoms with Gasteiger partial charge in [-0.05, 0) is 50.4 Å². The molecule has 0 aromatic carbocycles. The maximum atomic E-state index is 12.4. The Morgan fingerprint density at radius 3 is 2.58 bits per heavy atom. The molecule has 3 rings (SSSR count). The van der Waals surface area contributed by atoms with Gasteiger partial charge in [-0.25, -0.2) is 9.78 Å². The quantitative estimate of drug-likeness (QED) is 0.919. The van der Waals surface area contributed by atoms with Gasteiger partial charge < -0.3 is 14.7 Å². The Hall–Kier alpha value is -1.66. The van der Waals surface area contributed by atoms with Crippen LogP contribution in [0.25, 0.3) is 0 Å². The maximum Gasteiger partial charge on any atom is 0.323 e. The molecule has 2 saturated heterocycles. The minimum Gasteiger partial charge on any atom is -0.324 e. The lowest BCUT2D eigenvalue weighted by molar-refractivity contribution is 0.113. The highest BCUT2D eigenvalue weighted by atomic mass is 16.2. The molecule has 0 unspecified atom stereocenters. The van der Waals surface area contributed by atoms with E-state index in [9.17, 15) is 4.79 Å². The van der Waals surface area contributed by atoms with E-state index in [1.54, 1.807) is 6.20 Å². The van der Waals surface area contributed by atoms with Gasteiger partial charge in [-0.2, -0.15) is 0 Å². The van der Waals surface area contributed by atoms with Gasteiger partial charge in [-0.15, -0.1) is 0 Å². The van der Waals surface area contributed by atoms with Crippen LogP contribution in [-0.4, -0.2) is 78.6 Å². The number of piperidine rings is 1. The number of likely N-dealkylation sites (tertiary alicyclic amines) is 1. The molecular formula is C18H29N5O. The Kier molecular flexibility index (Phi) is 5.68. The molecule has 0 aliphatic carbocycles. The number of nitrogens with zero attached hydrogens (tertiary/aromatic N) is 4. The number of hydrogen-bond donors (Lipinski definition) is 1. The second kappa shape index (κ2) is 7.94. The minimum atomic E-state index is -0.0221. The first-order valence-corrected chi connectivity index (χ1v) is 8.99. The summed E-state index contributed by atoms with van der Waals surface area (Å²) in [6, 6.07) is 3.81. The van der Waals surface area contributed by atoms with Crippen LogP contribution in [0.1, 0.15) is 18.4 Å². The van der Waals surface area contributed by atoms with E-state index in [1.165, 1.54) is 32.7 Å². The third-order valence-corrected chi connectivity index (χ3v) is 5.16. The van der Waals surface area contributed by atoms with Crippen molar-refractivity contribution >= 4 is 11.8 Å². The molecule has 24 heavy (non-hydrogen) atoms. The van der Waals surface area contributed by atoms with E-state index in [2.05, 4.69) is 27.1 Å². The lowest BCUT2D eigenvalue weighted by atomic mass is 9.96. The molecule has 6 nitrogen and oxygen atoms in total. The molecule has 2 fully saturated rings. The summed E-state index contributed by atoms with van der Waals surface area (Å²) >= 11 is 0. The van der Waals surface area contributed by atoms with Crippen molar-refractivity contribution < 1.29 is 4.79 Å². The van der Waals surface area contributed by atoms with Crippen LogP contribution in [0.2, 0.25) is 0 Å². The summed E-state index contributed by atoms with van der Waals surface area (Å²) < 4.78 is 0. The molecule has 1 N–H and O–H groups in total. The van der Waals surface area contributed by atoms with Gasteiger partial charge in [0.25, 0.3) is 0 Å². The number of urea groups is 1. The smallest absolute Gasteiger partial charge is 0.323 e. The highest BCUT2D eigenvalue weighted by molar-refractivity contribution is 5.88. The normalized spacial score (nSPS) is 21.0. The van der Waals surface area contributed by atoms with E-state index >= 15 is 0 Å². The highest BCUT2D eigenvalue weighted by Crippen LogP contribution is 2.20. The lowest BCUT2D eigenvalue weighted by Crippen LogP contribution is -2.48. The standard InChI is InChI=1S/C18H29N5O/c1-15-3-6-19-17(13-15)20-18(24)23-7-4-16(5-8-23)14-22-11-9-21(2)10-12-22/h3,6,13,16H,4-5,7-12,14H2,1-2H3,(H,19,20,24). The number of carbonyl (C=O) groups excluding carboxylic acids is 1. The number of nitrogens with one attached hydrogen (secondary N) is 1. The van der Waals surface area contributed by atoms with Gasteiger partial charge in [-0.3, -0.25) is 5.32 Å². The molecule has 0 spiro atoms. The van der Waals surface area contributed by atoms with Crippen molar-refractivity contribution in [2.75, 3.05) is 58.2 Å². The van der Waals surface area contributed by atoms with Crippen LogP contribution in [0.15, 0.2) is 18.3 Å². The summed E-state index contributed by atoms with van der Waals surface area (Å²) in [4.78, 5) is 23.5. The van der Waals surface area contributed by atoms with Gasteiger partial charge in [0.1, 0.15) is 5.82 Å². The van der Waals surface area contributed by atoms with Gasteiger partial charge in [0.15, 0.2) is 0 Å². The van der Waals surface area contributed by atoms with Crippen molar-refractivity contribution in [2.45, 2.75) is 19.8 Å². The van der Waals surface area contributed by atoms with Crippen molar-refractivity contribution in [3.8, 4) is 0 Å². The predicted molar refractivity (Wildman–Crippen MR) is 96.2 cm³/mol. The number of likely N-dealkylation sites (N-methyl/N-ethyl adjacent to an activating group) is 1. The van der Waals surface area contributed by atoms with Crippen molar-refractivity contribution in [3.63, 3.8) is 0 Å². The maximum absolute atomic E-state index is 12.4. The topological polar surface area (TPSA) is 51.7 Å². The van der Waals surface area contributed by atoms with Crippen LogP contribution in [0.4, 0.5) is 10.6 Å². The molecule has 3 heterocycles. The summed E-state index contributed by atoms with van der Waals surface area (Å²) in [6.07, 6.45) is 3.93. The third-order valence-electron chi connectivity index (χ3n) is 5.16. The predicted octanol–water partition coefficient (Wildman–Crippen LogP) is 1.88. The van der Waals surface area contributed by atoms with E-state index in [0.29, 0.717) is 5.82 Å². The van der Waals surface area contributed by atoms with Gasteiger partial charge in [0.2, 0.25) is 0 Å². The van der Waals surface area contributed by atoms with Crippen LogP contribution in [0, 0.1) is 12.8 Å². The largest absolute Gasteiger partial charge is 0.324 e. The summed E-state index contributed by atoms with van der Waals surface area (Å²) in [5, 5.41) is 2.91. The van der Waals surface area contributed by atoms with Crippen LogP contribution < -0.4 is 5.32 Å². The zero-order valence-electron chi connectivity index (χ0n) is 14.9. The number of aromatic nitrogens is 1. The third kappa shape index (κ3) is 4.68. The van der Waals surface area contributed by atoms with E-state index in [1.807, 2.05) is 24.0 Å². The minimum absolute atomic E-state index is 0.0221. The number of pyridine rings is 1. The van der Waals surface area contributed by atoms with E-state index < -0.39 is 0 Å². The van der Waals surface area contributed by atoms with Gasteiger partial charge >= 0.3 is 6.03 Å². The average molecular weight is 331 g/mol. The van der Waals surface area contributed by atoms with Crippen molar-refractivity contribution in [1.29, 1.82) is 0 Å². The number of amides is 2. The molecule has 0 saturated carbocycles. The Morgan fingerprint density at radius 2 is 1.92 bits per heavy atom. The van der Waals surface area contributed by atoms with Gasteiger partial charge in [0, 0.05) is 52.0 Å². The Balaban J connectivity index is 1.42. The van der Waals surface area contributed by atoms with E-state index in [-0.39, 0.29) is 6.03 Å². The number of aryl methyl sites for hydroxylation is 1. The molecule has 132 valence electrons. The molecule has 0 atom stereocenters. The van der Waals surface area contributed by atoms with Crippen LogP contribution in [-0.2, 0) is 0 Å². The zero-order chi connectivity index (χ0) is 16.9. The first kappa shape index (κ1) is 17.2. The molecular weight excluding hydrogens is 302 g/mol. The molecule has 6 heteroatoms. The Bertz CT molecular complexity index is 548. The van der Waals surface area contributed by atoms with Gasteiger partial charge in [-0.1, -0.05) is 0 Å². The van der Waals surface area contributed by atoms with Crippen LogP contribution in [0.3, 0.4) is 0 Å². The second-order valence-corrected chi connectivity index (χ2v) is 7.18. The summed E-state index contributed by atoms with van der Waals surface area (Å²) in [6.45, 7) is 9.57. The van der Waals surface area contributed by atoms with E-state index in [4.69, 9.17) is 0 Å².